The van der Waals surface area contributed by atoms with Crippen LogP contribution in [0.1, 0.15) is 18.4 Å². The molecule has 1 unspecified atom stereocenters. The minimum atomic E-state index is -0.155. The molecule has 0 amide bonds. The van der Waals surface area contributed by atoms with E-state index in [1.807, 2.05) is 6.07 Å². The summed E-state index contributed by atoms with van der Waals surface area (Å²) in [7, 11) is 2.17. The van der Waals surface area contributed by atoms with Gasteiger partial charge in [-0.1, -0.05) is 12.1 Å². The van der Waals surface area contributed by atoms with E-state index in [4.69, 9.17) is 0 Å². The second kappa shape index (κ2) is 6.94. The lowest BCUT2D eigenvalue weighted by Gasteiger charge is -2.19. The number of rotatable bonds is 4. The van der Waals surface area contributed by atoms with Crippen LogP contribution in [0.25, 0.3) is 0 Å². The van der Waals surface area contributed by atoms with E-state index in [9.17, 15) is 4.39 Å². The molecule has 1 atom stereocenters. The third-order valence-electron chi connectivity index (χ3n) is 3.27. The fraction of sp³-hybridized carbons (Fsp3) is 0.538. The van der Waals surface area contributed by atoms with Gasteiger partial charge in [-0.15, -0.1) is 12.4 Å². The highest BCUT2D eigenvalue weighted by Crippen LogP contribution is 2.13. The fourth-order valence-corrected chi connectivity index (χ4v) is 2.27. The second-order valence-corrected chi connectivity index (χ2v) is 4.54. The van der Waals surface area contributed by atoms with Crippen LogP contribution in [-0.4, -0.2) is 31.1 Å². The molecule has 0 aliphatic carbocycles. The van der Waals surface area contributed by atoms with Crippen molar-refractivity contribution < 1.29 is 4.39 Å². The van der Waals surface area contributed by atoms with E-state index in [2.05, 4.69) is 17.3 Å². The summed E-state index contributed by atoms with van der Waals surface area (Å²) in [5.74, 6) is -0.155. The van der Waals surface area contributed by atoms with Gasteiger partial charge in [0.05, 0.1) is 0 Å². The zero-order valence-corrected chi connectivity index (χ0v) is 11.0. The highest BCUT2D eigenvalue weighted by atomic mass is 35.5. The van der Waals surface area contributed by atoms with Crippen LogP contribution in [0.3, 0.4) is 0 Å². The van der Waals surface area contributed by atoms with Crippen LogP contribution in [0.5, 0.6) is 0 Å². The molecule has 0 radical (unpaired) electrons. The summed E-state index contributed by atoms with van der Waals surface area (Å²) in [5, 5.41) is 3.39. The molecule has 1 saturated heterocycles. The van der Waals surface area contributed by atoms with Crippen LogP contribution in [0.2, 0.25) is 0 Å². The monoisotopic (exact) mass is 258 g/mol. The van der Waals surface area contributed by atoms with E-state index in [1.54, 1.807) is 12.1 Å². The smallest absolute Gasteiger partial charge is 0.123 e. The Bertz CT molecular complexity index is 346. The van der Waals surface area contributed by atoms with Gasteiger partial charge in [0.25, 0.3) is 0 Å². The molecule has 4 heteroatoms. The van der Waals surface area contributed by atoms with Crippen LogP contribution in [-0.2, 0) is 6.54 Å². The summed E-state index contributed by atoms with van der Waals surface area (Å²) < 4.78 is 12.9. The van der Waals surface area contributed by atoms with Gasteiger partial charge >= 0.3 is 0 Å². The van der Waals surface area contributed by atoms with Gasteiger partial charge in [-0.2, -0.15) is 0 Å². The molecule has 1 aromatic carbocycles. The van der Waals surface area contributed by atoms with Gasteiger partial charge < -0.3 is 10.2 Å². The lowest BCUT2D eigenvalue weighted by atomic mass is 10.2. The molecule has 0 spiro atoms. The lowest BCUT2D eigenvalue weighted by molar-refractivity contribution is 0.300. The summed E-state index contributed by atoms with van der Waals surface area (Å²) in [6.07, 6.45) is 2.56. The fourth-order valence-electron chi connectivity index (χ4n) is 2.27. The third kappa shape index (κ3) is 4.26. The van der Waals surface area contributed by atoms with Gasteiger partial charge in [-0.25, -0.2) is 4.39 Å². The molecule has 1 aromatic rings. The van der Waals surface area contributed by atoms with Crippen LogP contribution in [0.4, 0.5) is 4.39 Å². The SMILES string of the molecule is CN1CCCC1CNCc1cccc(F)c1.Cl. The summed E-state index contributed by atoms with van der Waals surface area (Å²) in [4.78, 5) is 2.39. The van der Waals surface area contributed by atoms with Gasteiger partial charge in [0.2, 0.25) is 0 Å². The first-order chi connectivity index (χ1) is 7.75. The minimum absolute atomic E-state index is 0. The highest BCUT2D eigenvalue weighted by Gasteiger charge is 2.19. The Morgan fingerprint density at radius 3 is 2.94 bits per heavy atom. The molecule has 2 rings (SSSR count). The highest BCUT2D eigenvalue weighted by molar-refractivity contribution is 5.85. The van der Waals surface area contributed by atoms with Gasteiger partial charge in [-0.3, -0.25) is 0 Å². The Labute approximate surface area is 109 Å². The molecule has 0 saturated carbocycles. The quantitative estimate of drug-likeness (QED) is 0.893. The van der Waals surface area contributed by atoms with Crippen molar-refractivity contribution in [3.8, 4) is 0 Å². The van der Waals surface area contributed by atoms with Crippen molar-refractivity contribution in [1.82, 2.24) is 10.2 Å². The van der Waals surface area contributed by atoms with E-state index in [0.29, 0.717) is 6.04 Å². The molecular weight excluding hydrogens is 239 g/mol. The van der Waals surface area contributed by atoms with E-state index in [-0.39, 0.29) is 18.2 Å². The van der Waals surface area contributed by atoms with Crippen LogP contribution in [0, 0.1) is 5.82 Å². The van der Waals surface area contributed by atoms with Crippen LogP contribution in [0.15, 0.2) is 24.3 Å². The topological polar surface area (TPSA) is 15.3 Å². The first-order valence-electron chi connectivity index (χ1n) is 5.91. The standard InChI is InChI=1S/C13H19FN2.ClH/c1-16-7-3-6-13(16)10-15-9-11-4-2-5-12(14)8-11;/h2,4-5,8,13,15H,3,6-7,9-10H2,1H3;1H. The maximum Gasteiger partial charge on any atom is 0.123 e. The summed E-state index contributed by atoms with van der Waals surface area (Å²) >= 11 is 0. The Balaban J connectivity index is 0.00000144. The molecule has 1 N–H and O–H groups in total. The minimum Gasteiger partial charge on any atom is -0.311 e. The maximum absolute atomic E-state index is 12.9. The number of likely N-dealkylation sites (N-methyl/N-ethyl adjacent to an activating group) is 1. The molecule has 0 aromatic heterocycles. The van der Waals surface area contributed by atoms with E-state index in [0.717, 1.165) is 18.7 Å². The van der Waals surface area contributed by atoms with E-state index in [1.165, 1.54) is 25.5 Å². The molecule has 1 heterocycles. The van der Waals surface area contributed by atoms with Crippen LogP contribution < -0.4 is 5.32 Å². The van der Waals surface area contributed by atoms with Crippen molar-refractivity contribution in [3.63, 3.8) is 0 Å². The third-order valence-corrected chi connectivity index (χ3v) is 3.27. The van der Waals surface area contributed by atoms with Crippen molar-refractivity contribution in [2.75, 3.05) is 20.1 Å². The number of halogens is 2. The molecule has 17 heavy (non-hydrogen) atoms. The Morgan fingerprint density at radius 1 is 1.47 bits per heavy atom. The maximum atomic E-state index is 12.9. The summed E-state index contributed by atoms with van der Waals surface area (Å²) in [6, 6.07) is 7.43. The largest absolute Gasteiger partial charge is 0.311 e. The van der Waals surface area contributed by atoms with E-state index < -0.39 is 0 Å². The molecule has 96 valence electrons. The van der Waals surface area contributed by atoms with Crippen molar-refractivity contribution in [1.29, 1.82) is 0 Å². The van der Waals surface area contributed by atoms with Gasteiger partial charge in [0.1, 0.15) is 5.82 Å². The number of nitrogens with one attached hydrogen (secondary N) is 1. The van der Waals surface area contributed by atoms with Crippen molar-refractivity contribution in [3.05, 3.63) is 35.6 Å². The predicted octanol–water partition coefficient (Wildman–Crippen LogP) is 2.43. The number of likely N-dealkylation sites (tertiary alicyclic amines) is 1. The van der Waals surface area contributed by atoms with Crippen molar-refractivity contribution in [2.24, 2.45) is 0 Å². The Morgan fingerprint density at radius 2 is 2.29 bits per heavy atom. The van der Waals surface area contributed by atoms with Crippen LogP contribution >= 0.6 is 12.4 Å². The lowest BCUT2D eigenvalue weighted by Crippen LogP contribution is -2.35. The number of nitrogens with zero attached hydrogens (tertiary/aromatic N) is 1. The number of benzene rings is 1. The van der Waals surface area contributed by atoms with Crippen molar-refractivity contribution in [2.45, 2.75) is 25.4 Å². The van der Waals surface area contributed by atoms with Gasteiger partial charge in [0, 0.05) is 19.1 Å². The molecule has 2 nitrogen and oxygen atoms in total. The summed E-state index contributed by atoms with van der Waals surface area (Å²) in [6.45, 7) is 2.95. The first-order valence-corrected chi connectivity index (χ1v) is 5.91. The Hall–Kier alpha value is -0.640. The summed E-state index contributed by atoms with van der Waals surface area (Å²) in [5.41, 5.74) is 1.01. The molecule has 1 fully saturated rings. The number of hydrogen-bond acceptors (Lipinski definition) is 2. The molecule has 1 aliphatic heterocycles. The second-order valence-electron chi connectivity index (χ2n) is 4.54. The molecule has 1 aliphatic rings. The normalized spacial score (nSPS) is 20.2. The van der Waals surface area contributed by atoms with Gasteiger partial charge in [-0.05, 0) is 44.1 Å². The van der Waals surface area contributed by atoms with E-state index >= 15 is 0 Å². The predicted molar refractivity (Wildman–Crippen MR) is 71.0 cm³/mol. The zero-order chi connectivity index (χ0) is 11.4. The zero-order valence-electron chi connectivity index (χ0n) is 10.2. The van der Waals surface area contributed by atoms with Gasteiger partial charge in [0.15, 0.2) is 0 Å². The number of hydrogen-bond donors (Lipinski definition) is 1. The average molecular weight is 259 g/mol. The van der Waals surface area contributed by atoms with Crippen molar-refractivity contribution >= 4 is 12.4 Å². The Kier molecular flexibility index (Phi) is 5.89. The average Bonchev–Trinajstić information content (AvgIpc) is 2.65. The molecule has 0 bridgehead atoms. The first kappa shape index (κ1) is 14.4. The molecular formula is C13H20ClFN2.